The summed E-state index contributed by atoms with van der Waals surface area (Å²) in [6.07, 6.45) is -4.79. The van der Waals surface area contributed by atoms with Crippen LogP contribution in [0.25, 0.3) is 0 Å². The van der Waals surface area contributed by atoms with Gasteiger partial charge >= 0.3 is 17.9 Å². The number of benzene rings is 1. The Morgan fingerprint density at radius 2 is 1.68 bits per heavy atom. The number of carboxylic acid groups (broad SMARTS) is 3. The van der Waals surface area contributed by atoms with Crippen molar-refractivity contribution in [3.63, 3.8) is 0 Å². The van der Waals surface area contributed by atoms with Gasteiger partial charge in [0.1, 0.15) is 12.2 Å². The van der Waals surface area contributed by atoms with Crippen molar-refractivity contribution >= 4 is 17.9 Å². The minimum Gasteiger partial charge on any atom is -0.479 e. The fourth-order valence-corrected chi connectivity index (χ4v) is 4.81. The van der Waals surface area contributed by atoms with Gasteiger partial charge in [0.15, 0.2) is 0 Å². The zero-order chi connectivity index (χ0) is 25.5. The van der Waals surface area contributed by atoms with Gasteiger partial charge in [-0.3, -0.25) is 0 Å². The molecule has 2 bridgehead atoms. The van der Waals surface area contributed by atoms with Crippen LogP contribution in [0.1, 0.15) is 32.3 Å². The van der Waals surface area contributed by atoms with Crippen LogP contribution in [0.4, 0.5) is 0 Å². The molecule has 2 fully saturated rings. The lowest BCUT2D eigenvalue weighted by Crippen LogP contribution is -2.77. The van der Waals surface area contributed by atoms with Gasteiger partial charge in [-0.2, -0.15) is 0 Å². The standard InChI is InChI=1S/C23H28O11/c1-12(10-13(2)11-14-6-4-3-5-7-14)8-9-21-15(24)16(25)23(34-21,20(30)31)22(32,19(28)29)17(33-21)18(26)27/h3-8,13,15-17,24-25,32H,9-11H2,1-2H3,(H,26,27)(H,28,29)(H,30,31). The minimum absolute atomic E-state index is 0.199. The van der Waals surface area contributed by atoms with Gasteiger partial charge in [0, 0.05) is 6.42 Å². The summed E-state index contributed by atoms with van der Waals surface area (Å²) in [6.45, 7) is 3.79. The number of aliphatic carboxylic acids is 3. The van der Waals surface area contributed by atoms with E-state index in [2.05, 4.69) is 0 Å². The molecule has 0 saturated carbocycles. The van der Waals surface area contributed by atoms with E-state index in [4.69, 9.17) is 9.47 Å². The maximum Gasteiger partial charge on any atom is 0.343 e. The Morgan fingerprint density at radius 3 is 2.21 bits per heavy atom. The van der Waals surface area contributed by atoms with E-state index in [1.807, 2.05) is 37.3 Å². The van der Waals surface area contributed by atoms with Gasteiger partial charge < -0.3 is 40.1 Å². The second-order valence-corrected chi connectivity index (χ2v) is 9.01. The zero-order valence-corrected chi connectivity index (χ0v) is 18.6. The Morgan fingerprint density at radius 1 is 1.06 bits per heavy atom. The van der Waals surface area contributed by atoms with Crippen LogP contribution in [0.2, 0.25) is 0 Å². The monoisotopic (exact) mass is 480 g/mol. The van der Waals surface area contributed by atoms with Gasteiger partial charge in [0.25, 0.3) is 0 Å². The maximum absolute atomic E-state index is 12.1. The smallest absolute Gasteiger partial charge is 0.343 e. The van der Waals surface area contributed by atoms with E-state index < -0.39 is 59.6 Å². The summed E-state index contributed by atoms with van der Waals surface area (Å²) < 4.78 is 10.5. The molecule has 7 atom stereocenters. The van der Waals surface area contributed by atoms with Gasteiger partial charge in [-0.15, -0.1) is 0 Å². The molecular weight excluding hydrogens is 452 g/mol. The Hall–Kier alpha value is -2.83. The highest BCUT2D eigenvalue weighted by molar-refractivity contribution is 5.97. The fraction of sp³-hybridized carbons (Fsp3) is 0.522. The highest BCUT2D eigenvalue weighted by Gasteiger charge is 2.84. The first-order chi connectivity index (χ1) is 15.8. The van der Waals surface area contributed by atoms with Gasteiger partial charge in [-0.25, -0.2) is 14.4 Å². The average molecular weight is 480 g/mol. The van der Waals surface area contributed by atoms with Crippen molar-refractivity contribution in [2.24, 2.45) is 5.92 Å². The number of hydrogen-bond acceptors (Lipinski definition) is 8. The van der Waals surface area contributed by atoms with E-state index in [-0.39, 0.29) is 5.92 Å². The predicted molar refractivity (Wildman–Crippen MR) is 114 cm³/mol. The molecule has 186 valence electrons. The maximum atomic E-state index is 12.1. The molecule has 0 amide bonds. The summed E-state index contributed by atoms with van der Waals surface area (Å²) in [5.41, 5.74) is -5.20. The first-order valence-electron chi connectivity index (χ1n) is 10.7. The average Bonchev–Trinajstić information content (AvgIpc) is 2.96. The summed E-state index contributed by atoms with van der Waals surface area (Å²) in [5, 5.41) is 60.7. The lowest BCUT2D eigenvalue weighted by molar-refractivity contribution is -0.371. The van der Waals surface area contributed by atoms with Crippen LogP contribution in [0.15, 0.2) is 42.0 Å². The Kier molecular flexibility index (Phi) is 6.89. The third-order valence-corrected chi connectivity index (χ3v) is 6.46. The van der Waals surface area contributed by atoms with Crippen LogP contribution < -0.4 is 0 Å². The predicted octanol–water partition coefficient (Wildman–Crippen LogP) is 0.163. The highest BCUT2D eigenvalue weighted by atomic mass is 16.8. The van der Waals surface area contributed by atoms with E-state index in [1.54, 1.807) is 13.0 Å². The molecule has 0 radical (unpaired) electrons. The fourth-order valence-electron chi connectivity index (χ4n) is 4.81. The summed E-state index contributed by atoms with van der Waals surface area (Å²) in [4.78, 5) is 35.7. The van der Waals surface area contributed by atoms with Crippen LogP contribution >= 0.6 is 0 Å². The number of hydrogen-bond donors (Lipinski definition) is 6. The first-order valence-corrected chi connectivity index (χ1v) is 10.7. The summed E-state index contributed by atoms with van der Waals surface area (Å²) in [5.74, 6) is -8.66. The second-order valence-electron chi connectivity index (χ2n) is 9.01. The lowest BCUT2D eigenvalue weighted by atomic mass is 9.74. The molecule has 0 aromatic heterocycles. The number of aliphatic hydroxyl groups is 3. The van der Waals surface area contributed by atoms with Crippen molar-refractivity contribution < 1.29 is 54.5 Å². The SMILES string of the molecule is CC(=CCC12OC(C(=O)O)C(O)(C(=O)O)C(C(=O)O)(O1)C(O)C2O)CC(C)Cc1ccccc1. The second kappa shape index (κ2) is 9.08. The molecule has 3 rings (SSSR count). The molecule has 1 aromatic carbocycles. The van der Waals surface area contributed by atoms with Crippen molar-refractivity contribution in [3.05, 3.63) is 47.5 Å². The van der Waals surface area contributed by atoms with Crippen LogP contribution in [0.5, 0.6) is 0 Å². The van der Waals surface area contributed by atoms with Gasteiger partial charge in [0.2, 0.25) is 23.1 Å². The van der Waals surface area contributed by atoms with E-state index in [0.717, 1.165) is 17.6 Å². The largest absolute Gasteiger partial charge is 0.479 e. The molecule has 34 heavy (non-hydrogen) atoms. The summed E-state index contributed by atoms with van der Waals surface area (Å²) in [6, 6.07) is 9.77. The molecule has 0 aliphatic carbocycles. The van der Waals surface area contributed by atoms with Crippen LogP contribution in [-0.2, 0) is 30.3 Å². The molecule has 2 heterocycles. The number of ether oxygens (including phenoxy) is 2. The minimum atomic E-state index is -3.73. The Balaban J connectivity index is 1.90. The highest BCUT2D eigenvalue weighted by Crippen LogP contribution is 2.54. The van der Waals surface area contributed by atoms with E-state index >= 15 is 0 Å². The molecule has 2 aliphatic rings. The van der Waals surface area contributed by atoms with Crippen molar-refractivity contribution in [2.45, 2.75) is 68.4 Å². The number of allylic oxidation sites excluding steroid dienone is 1. The van der Waals surface area contributed by atoms with Gasteiger partial charge in [-0.05, 0) is 31.2 Å². The number of carboxylic acids is 3. The molecule has 1 aromatic rings. The number of carbonyl (C=O) groups is 3. The summed E-state index contributed by atoms with van der Waals surface area (Å²) in [7, 11) is 0. The van der Waals surface area contributed by atoms with Crippen molar-refractivity contribution in [1.29, 1.82) is 0 Å². The van der Waals surface area contributed by atoms with E-state index in [1.165, 1.54) is 0 Å². The van der Waals surface area contributed by atoms with Gasteiger partial charge in [0.05, 0.1) is 0 Å². The van der Waals surface area contributed by atoms with E-state index in [0.29, 0.717) is 6.42 Å². The summed E-state index contributed by atoms with van der Waals surface area (Å²) >= 11 is 0. The third kappa shape index (κ3) is 3.89. The first kappa shape index (κ1) is 25.8. The normalized spacial score (nSPS) is 36.1. The van der Waals surface area contributed by atoms with Gasteiger partial charge in [-0.1, -0.05) is 48.9 Å². The van der Waals surface area contributed by atoms with E-state index in [9.17, 15) is 45.0 Å². The van der Waals surface area contributed by atoms with Crippen LogP contribution in [-0.4, -0.2) is 83.8 Å². The molecule has 2 saturated heterocycles. The Bertz CT molecular complexity index is 992. The molecular formula is C23H28O11. The number of rotatable bonds is 9. The van der Waals surface area contributed by atoms with Crippen LogP contribution in [0, 0.1) is 5.92 Å². The lowest BCUT2D eigenvalue weighted by Gasteiger charge is -2.48. The number of fused-ring (bicyclic) bond motifs is 2. The Labute approximate surface area is 194 Å². The number of aliphatic hydroxyl groups excluding tert-OH is 2. The molecule has 11 nitrogen and oxygen atoms in total. The van der Waals surface area contributed by atoms with Crippen molar-refractivity contribution in [3.8, 4) is 0 Å². The molecule has 0 spiro atoms. The topological polar surface area (TPSA) is 191 Å². The van der Waals surface area contributed by atoms with Crippen molar-refractivity contribution in [1.82, 2.24) is 0 Å². The molecule has 11 heteroatoms. The zero-order valence-electron chi connectivity index (χ0n) is 18.6. The molecule has 7 unspecified atom stereocenters. The van der Waals surface area contributed by atoms with Crippen LogP contribution in [0.3, 0.4) is 0 Å². The third-order valence-electron chi connectivity index (χ3n) is 6.46. The quantitative estimate of drug-likeness (QED) is 0.264. The van der Waals surface area contributed by atoms with Crippen molar-refractivity contribution in [2.75, 3.05) is 0 Å². The molecule has 2 aliphatic heterocycles. The molecule has 6 N–H and O–H groups in total.